The zero-order valence-corrected chi connectivity index (χ0v) is 14.5. The number of amides is 1. The number of likely N-dealkylation sites (tertiary alicyclic amines) is 1. The first-order valence-corrected chi connectivity index (χ1v) is 8.48. The molecule has 3 rings (SSSR count). The van der Waals surface area contributed by atoms with E-state index in [2.05, 4.69) is 29.2 Å². The van der Waals surface area contributed by atoms with Crippen molar-refractivity contribution in [2.24, 2.45) is 7.05 Å². The van der Waals surface area contributed by atoms with E-state index in [-0.39, 0.29) is 17.5 Å². The minimum Gasteiger partial charge on any atom is -0.348 e. The first-order chi connectivity index (χ1) is 11.5. The lowest BCUT2D eigenvalue weighted by atomic mass is 10.0. The third-order valence-corrected chi connectivity index (χ3v) is 4.77. The highest BCUT2D eigenvalue weighted by molar-refractivity contribution is 6.04. The Balaban J connectivity index is 1.80. The summed E-state index contributed by atoms with van der Waals surface area (Å²) in [7, 11) is 1.58. The van der Waals surface area contributed by atoms with Crippen molar-refractivity contribution in [3.8, 4) is 0 Å². The van der Waals surface area contributed by atoms with Gasteiger partial charge in [0.05, 0.1) is 5.39 Å². The van der Waals surface area contributed by atoms with E-state index in [1.807, 2.05) is 6.07 Å². The number of hydrogen-bond donors (Lipinski definition) is 1. The molecular formula is C18H24N4O2. The van der Waals surface area contributed by atoms with Crippen molar-refractivity contribution in [2.75, 3.05) is 13.1 Å². The largest absolute Gasteiger partial charge is 0.348 e. The van der Waals surface area contributed by atoms with Gasteiger partial charge < -0.3 is 10.2 Å². The Morgan fingerprint density at radius 3 is 2.46 bits per heavy atom. The quantitative estimate of drug-likeness (QED) is 0.928. The Morgan fingerprint density at radius 2 is 1.83 bits per heavy atom. The zero-order valence-electron chi connectivity index (χ0n) is 14.5. The molecular weight excluding hydrogens is 304 g/mol. The fourth-order valence-corrected chi connectivity index (χ4v) is 3.28. The van der Waals surface area contributed by atoms with E-state index in [1.165, 1.54) is 4.68 Å². The van der Waals surface area contributed by atoms with Gasteiger partial charge in [-0.05, 0) is 32.8 Å². The van der Waals surface area contributed by atoms with Crippen molar-refractivity contribution in [3.05, 3.63) is 40.3 Å². The van der Waals surface area contributed by atoms with Gasteiger partial charge in [-0.15, -0.1) is 0 Å². The highest BCUT2D eigenvalue weighted by Crippen LogP contribution is 2.16. The van der Waals surface area contributed by atoms with Crippen LogP contribution in [0.1, 0.15) is 37.2 Å². The summed E-state index contributed by atoms with van der Waals surface area (Å²) in [6, 6.07) is 7.83. The van der Waals surface area contributed by atoms with Crippen molar-refractivity contribution >= 4 is 16.7 Å². The summed E-state index contributed by atoms with van der Waals surface area (Å²) in [5.74, 6) is -0.204. The van der Waals surface area contributed by atoms with Crippen LogP contribution in [0.3, 0.4) is 0 Å². The molecule has 1 aliphatic rings. The van der Waals surface area contributed by atoms with Crippen LogP contribution in [0.2, 0.25) is 0 Å². The highest BCUT2D eigenvalue weighted by atomic mass is 16.2. The van der Waals surface area contributed by atoms with E-state index in [0.29, 0.717) is 22.5 Å². The van der Waals surface area contributed by atoms with E-state index in [0.717, 1.165) is 25.9 Å². The Kier molecular flexibility index (Phi) is 4.66. The van der Waals surface area contributed by atoms with E-state index < -0.39 is 0 Å². The van der Waals surface area contributed by atoms with Crippen LogP contribution in [0.4, 0.5) is 0 Å². The Morgan fingerprint density at radius 1 is 1.21 bits per heavy atom. The molecule has 2 heterocycles. The standard InChI is InChI=1S/C18H24N4O2/c1-12(2)22-10-8-13(9-11-22)19-17(23)16-14-6-4-5-7-15(14)18(24)21(3)20-16/h4-7,12-13H,8-11H2,1-3H3,(H,19,23). The predicted molar refractivity (Wildman–Crippen MR) is 94.2 cm³/mol. The lowest BCUT2D eigenvalue weighted by Crippen LogP contribution is -2.47. The number of aromatic nitrogens is 2. The fourth-order valence-electron chi connectivity index (χ4n) is 3.28. The zero-order chi connectivity index (χ0) is 17.3. The lowest BCUT2D eigenvalue weighted by Gasteiger charge is -2.34. The molecule has 1 aliphatic heterocycles. The van der Waals surface area contributed by atoms with E-state index in [4.69, 9.17) is 0 Å². The third-order valence-electron chi connectivity index (χ3n) is 4.77. The van der Waals surface area contributed by atoms with Crippen molar-refractivity contribution < 1.29 is 4.79 Å². The molecule has 0 bridgehead atoms. The molecule has 0 spiro atoms. The summed E-state index contributed by atoms with van der Waals surface area (Å²) in [5.41, 5.74) is 0.131. The van der Waals surface area contributed by atoms with Crippen molar-refractivity contribution in [1.29, 1.82) is 0 Å². The van der Waals surface area contributed by atoms with E-state index in [9.17, 15) is 9.59 Å². The molecule has 0 radical (unpaired) electrons. The summed E-state index contributed by atoms with van der Waals surface area (Å²) in [4.78, 5) is 27.3. The van der Waals surface area contributed by atoms with Crippen LogP contribution in [-0.2, 0) is 7.05 Å². The van der Waals surface area contributed by atoms with Crippen LogP contribution >= 0.6 is 0 Å². The van der Waals surface area contributed by atoms with Gasteiger partial charge >= 0.3 is 0 Å². The average Bonchev–Trinajstić information content (AvgIpc) is 2.58. The second-order valence-corrected chi connectivity index (χ2v) is 6.70. The van der Waals surface area contributed by atoms with Gasteiger partial charge in [-0.1, -0.05) is 18.2 Å². The van der Waals surface area contributed by atoms with Crippen molar-refractivity contribution in [2.45, 2.75) is 38.8 Å². The number of hydrogen-bond acceptors (Lipinski definition) is 4. The molecule has 6 heteroatoms. The maximum atomic E-state index is 12.7. The third kappa shape index (κ3) is 3.19. The molecule has 1 fully saturated rings. The van der Waals surface area contributed by atoms with Gasteiger partial charge in [0.25, 0.3) is 11.5 Å². The number of rotatable bonds is 3. The Labute approximate surface area is 141 Å². The molecule has 0 atom stereocenters. The summed E-state index contributed by atoms with van der Waals surface area (Å²) >= 11 is 0. The molecule has 1 saturated heterocycles. The monoisotopic (exact) mass is 328 g/mol. The number of nitrogens with one attached hydrogen (secondary N) is 1. The van der Waals surface area contributed by atoms with Gasteiger partial charge in [-0.25, -0.2) is 4.68 Å². The summed E-state index contributed by atoms with van der Waals surface area (Å²) in [6.07, 6.45) is 1.88. The maximum Gasteiger partial charge on any atom is 0.274 e. The second kappa shape index (κ2) is 6.73. The predicted octanol–water partition coefficient (Wildman–Crippen LogP) is 1.54. The number of aryl methyl sites for hydroxylation is 1. The molecule has 128 valence electrons. The molecule has 0 aliphatic carbocycles. The first kappa shape index (κ1) is 16.6. The molecule has 0 saturated carbocycles. The van der Waals surface area contributed by atoms with E-state index >= 15 is 0 Å². The van der Waals surface area contributed by atoms with Crippen LogP contribution in [0.15, 0.2) is 29.1 Å². The number of nitrogens with zero attached hydrogens (tertiary/aromatic N) is 3. The topological polar surface area (TPSA) is 67.2 Å². The maximum absolute atomic E-state index is 12.7. The van der Waals surface area contributed by atoms with Crippen LogP contribution in [-0.4, -0.2) is 45.8 Å². The summed E-state index contributed by atoms with van der Waals surface area (Å²) in [5, 5.41) is 8.41. The smallest absolute Gasteiger partial charge is 0.274 e. The van der Waals surface area contributed by atoms with Gasteiger partial charge in [0.1, 0.15) is 0 Å². The number of carbonyl (C=O) groups is 1. The van der Waals surface area contributed by atoms with Crippen molar-refractivity contribution in [1.82, 2.24) is 20.0 Å². The summed E-state index contributed by atoms with van der Waals surface area (Å²) in [6.45, 7) is 6.37. The Bertz CT molecular complexity index is 804. The van der Waals surface area contributed by atoms with E-state index in [1.54, 1.807) is 25.2 Å². The van der Waals surface area contributed by atoms with Crippen molar-refractivity contribution in [3.63, 3.8) is 0 Å². The molecule has 2 aromatic rings. The molecule has 0 unspecified atom stereocenters. The first-order valence-electron chi connectivity index (χ1n) is 8.48. The molecule has 1 amide bonds. The van der Waals surface area contributed by atoms with Gasteiger partial charge in [-0.2, -0.15) is 5.10 Å². The number of piperidine rings is 1. The minimum absolute atomic E-state index is 0.158. The number of carbonyl (C=O) groups excluding carboxylic acids is 1. The number of fused-ring (bicyclic) bond motifs is 1. The molecule has 1 aromatic carbocycles. The number of benzene rings is 1. The molecule has 1 N–H and O–H groups in total. The second-order valence-electron chi connectivity index (χ2n) is 6.70. The fraction of sp³-hybridized carbons (Fsp3) is 0.500. The SMILES string of the molecule is CC(C)N1CCC(NC(=O)c2nn(C)c(=O)c3ccccc23)CC1. The van der Waals surface area contributed by atoms with Gasteiger partial charge in [0.2, 0.25) is 0 Å². The molecule has 1 aromatic heterocycles. The van der Waals surface area contributed by atoms with Crippen LogP contribution in [0.25, 0.3) is 10.8 Å². The van der Waals surface area contributed by atoms with Gasteiger partial charge in [0, 0.05) is 37.6 Å². The normalized spacial score (nSPS) is 16.7. The van der Waals surface area contributed by atoms with Crippen LogP contribution in [0, 0.1) is 0 Å². The van der Waals surface area contributed by atoms with Gasteiger partial charge in [-0.3, -0.25) is 9.59 Å². The average molecular weight is 328 g/mol. The van der Waals surface area contributed by atoms with Crippen LogP contribution in [0.5, 0.6) is 0 Å². The highest BCUT2D eigenvalue weighted by Gasteiger charge is 2.24. The summed E-state index contributed by atoms with van der Waals surface area (Å²) < 4.78 is 1.23. The Hall–Kier alpha value is -2.21. The van der Waals surface area contributed by atoms with Crippen LogP contribution < -0.4 is 10.9 Å². The molecule has 24 heavy (non-hydrogen) atoms. The van der Waals surface area contributed by atoms with Gasteiger partial charge in [0.15, 0.2) is 5.69 Å². The lowest BCUT2D eigenvalue weighted by molar-refractivity contribution is 0.0895. The molecule has 6 nitrogen and oxygen atoms in total. The minimum atomic E-state index is -0.204.